The summed E-state index contributed by atoms with van der Waals surface area (Å²) in [7, 11) is 0. The lowest BCUT2D eigenvalue weighted by molar-refractivity contribution is 0.459. The largest absolute Gasteiger partial charge is 0.437 e. The molecule has 0 saturated carbocycles. The molecular formula is C12H9Cl3N2O. The number of aryl methyl sites for hydroxylation is 1. The van der Waals surface area contributed by atoms with Crippen molar-refractivity contribution in [2.75, 3.05) is 0 Å². The van der Waals surface area contributed by atoms with Gasteiger partial charge >= 0.3 is 0 Å². The van der Waals surface area contributed by atoms with E-state index in [0.717, 1.165) is 0 Å². The van der Waals surface area contributed by atoms with Crippen LogP contribution in [0, 0.1) is 0 Å². The summed E-state index contributed by atoms with van der Waals surface area (Å²) in [5.41, 5.74) is 0. The zero-order chi connectivity index (χ0) is 13.1. The Kier molecular flexibility index (Phi) is 4.27. The van der Waals surface area contributed by atoms with Gasteiger partial charge in [0.25, 0.3) is 0 Å². The maximum Gasteiger partial charge on any atom is 0.224 e. The predicted octanol–water partition coefficient (Wildman–Crippen LogP) is 4.79. The Morgan fingerprint density at radius 3 is 2.67 bits per heavy atom. The fourth-order valence-electron chi connectivity index (χ4n) is 1.33. The Balaban J connectivity index is 2.34. The SMILES string of the molecule is CCc1nc(Cl)cc(Oc2cccc(Cl)c2Cl)n1. The maximum atomic E-state index is 6.02. The number of benzene rings is 1. The highest BCUT2D eigenvalue weighted by Gasteiger charge is 2.09. The summed E-state index contributed by atoms with van der Waals surface area (Å²) in [5, 5.41) is 1.09. The van der Waals surface area contributed by atoms with Gasteiger partial charge in [0.2, 0.25) is 5.88 Å². The highest BCUT2D eigenvalue weighted by Crippen LogP contribution is 2.34. The van der Waals surface area contributed by atoms with Gasteiger partial charge in [0.1, 0.15) is 21.7 Å². The molecule has 0 aliphatic rings. The number of aromatic nitrogens is 2. The lowest BCUT2D eigenvalue weighted by atomic mass is 10.3. The molecule has 3 nitrogen and oxygen atoms in total. The molecule has 1 aromatic heterocycles. The van der Waals surface area contributed by atoms with Crippen LogP contribution in [-0.4, -0.2) is 9.97 Å². The quantitative estimate of drug-likeness (QED) is 0.765. The molecule has 0 spiro atoms. The molecule has 0 radical (unpaired) electrons. The molecule has 0 unspecified atom stereocenters. The lowest BCUT2D eigenvalue weighted by Gasteiger charge is -2.08. The number of halogens is 3. The molecular weight excluding hydrogens is 295 g/mol. The van der Waals surface area contributed by atoms with E-state index in [0.29, 0.717) is 39.1 Å². The molecule has 1 aromatic carbocycles. The van der Waals surface area contributed by atoms with E-state index >= 15 is 0 Å². The van der Waals surface area contributed by atoms with E-state index < -0.39 is 0 Å². The molecule has 0 amide bonds. The van der Waals surface area contributed by atoms with Crippen molar-refractivity contribution in [3.63, 3.8) is 0 Å². The Hall–Kier alpha value is -1.03. The average Bonchev–Trinajstić information content (AvgIpc) is 2.34. The van der Waals surface area contributed by atoms with Crippen molar-refractivity contribution in [3.05, 3.63) is 45.3 Å². The van der Waals surface area contributed by atoms with Gasteiger partial charge in [0.15, 0.2) is 0 Å². The van der Waals surface area contributed by atoms with E-state index in [1.807, 2.05) is 6.92 Å². The Bertz CT molecular complexity index is 575. The minimum atomic E-state index is 0.329. The van der Waals surface area contributed by atoms with E-state index in [4.69, 9.17) is 39.5 Å². The van der Waals surface area contributed by atoms with Crippen LogP contribution in [0.2, 0.25) is 15.2 Å². The van der Waals surface area contributed by atoms with Crippen LogP contribution in [0.4, 0.5) is 0 Å². The molecule has 0 atom stereocenters. The monoisotopic (exact) mass is 302 g/mol. The van der Waals surface area contributed by atoms with Crippen molar-refractivity contribution in [2.45, 2.75) is 13.3 Å². The van der Waals surface area contributed by atoms with Gasteiger partial charge in [0.05, 0.1) is 5.02 Å². The van der Waals surface area contributed by atoms with Gasteiger partial charge in [0, 0.05) is 12.5 Å². The highest BCUT2D eigenvalue weighted by atomic mass is 35.5. The van der Waals surface area contributed by atoms with E-state index in [1.54, 1.807) is 18.2 Å². The normalized spacial score (nSPS) is 10.4. The van der Waals surface area contributed by atoms with Crippen molar-refractivity contribution in [2.24, 2.45) is 0 Å². The van der Waals surface area contributed by atoms with Crippen LogP contribution in [-0.2, 0) is 6.42 Å². The molecule has 0 N–H and O–H groups in total. The zero-order valence-corrected chi connectivity index (χ0v) is 11.7. The molecule has 94 valence electrons. The van der Waals surface area contributed by atoms with Crippen molar-refractivity contribution >= 4 is 34.8 Å². The molecule has 0 aliphatic heterocycles. The lowest BCUT2D eigenvalue weighted by Crippen LogP contribution is -1.96. The van der Waals surface area contributed by atoms with Crippen LogP contribution in [0.15, 0.2) is 24.3 Å². The maximum absolute atomic E-state index is 6.02. The third kappa shape index (κ3) is 3.05. The summed E-state index contributed by atoms with van der Waals surface area (Å²) in [6, 6.07) is 6.65. The van der Waals surface area contributed by atoms with Gasteiger partial charge in [-0.1, -0.05) is 47.8 Å². The molecule has 18 heavy (non-hydrogen) atoms. The smallest absolute Gasteiger partial charge is 0.224 e. The molecule has 0 bridgehead atoms. The van der Waals surface area contributed by atoms with E-state index in [-0.39, 0.29) is 0 Å². The number of ether oxygens (including phenoxy) is 1. The van der Waals surface area contributed by atoms with Crippen LogP contribution in [0.25, 0.3) is 0 Å². The molecule has 6 heteroatoms. The standard InChI is InChI=1S/C12H9Cl3N2O/c1-2-10-16-9(14)6-11(17-10)18-8-5-3-4-7(13)12(8)15/h3-6H,2H2,1H3. The van der Waals surface area contributed by atoms with Crippen LogP contribution in [0.3, 0.4) is 0 Å². The summed E-state index contributed by atoms with van der Waals surface area (Å²) < 4.78 is 5.56. The highest BCUT2D eigenvalue weighted by molar-refractivity contribution is 6.42. The predicted molar refractivity (Wildman–Crippen MR) is 73.0 cm³/mol. The summed E-state index contributed by atoms with van der Waals surface area (Å²) in [5.74, 6) is 1.38. The number of hydrogen-bond acceptors (Lipinski definition) is 3. The number of hydrogen-bond donors (Lipinski definition) is 0. The average molecular weight is 304 g/mol. The van der Waals surface area contributed by atoms with Gasteiger partial charge in [-0.2, -0.15) is 4.98 Å². The third-order valence-electron chi connectivity index (χ3n) is 2.16. The van der Waals surface area contributed by atoms with Crippen LogP contribution in [0.1, 0.15) is 12.7 Å². The van der Waals surface area contributed by atoms with E-state index in [2.05, 4.69) is 9.97 Å². The first-order valence-electron chi connectivity index (χ1n) is 5.25. The van der Waals surface area contributed by atoms with Crippen LogP contribution in [0.5, 0.6) is 11.6 Å². The van der Waals surface area contributed by atoms with E-state index in [9.17, 15) is 0 Å². The molecule has 0 fully saturated rings. The first-order chi connectivity index (χ1) is 8.60. The summed E-state index contributed by atoms with van der Waals surface area (Å²) in [6.07, 6.45) is 0.667. The zero-order valence-electron chi connectivity index (χ0n) is 9.45. The van der Waals surface area contributed by atoms with Crippen LogP contribution >= 0.6 is 34.8 Å². The Morgan fingerprint density at radius 1 is 1.17 bits per heavy atom. The van der Waals surface area contributed by atoms with Gasteiger partial charge in [-0.3, -0.25) is 0 Å². The molecule has 2 rings (SSSR count). The summed E-state index contributed by atoms with van der Waals surface area (Å²) in [4.78, 5) is 8.25. The van der Waals surface area contributed by atoms with Gasteiger partial charge in [-0.25, -0.2) is 4.98 Å². The van der Waals surface area contributed by atoms with Gasteiger partial charge in [-0.15, -0.1) is 0 Å². The van der Waals surface area contributed by atoms with Gasteiger partial charge in [-0.05, 0) is 12.1 Å². The second-order valence-electron chi connectivity index (χ2n) is 3.45. The Labute approximate surface area is 120 Å². The second kappa shape index (κ2) is 5.74. The summed E-state index contributed by atoms with van der Waals surface area (Å²) >= 11 is 17.8. The minimum absolute atomic E-state index is 0.329. The minimum Gasteiger partial charge on any atom is -0.437 e. The molecule has 0 aliphatic carbocycles. The van der Waals surface area contributed by atoms with Crippen molar-refractivity contribution in [1.82, 2.24) is 9.97 Å². The van der Waals surface area contributed by atoms with Crippen LogP contribution < -0.4 is 4.74 Å². The Morgan fingerprint density at radius 2 is 1.94 bits per heavy atom. The van der Waals surface area contributed by atoms with Crippen molar-refractivity contribution in [3.8, 4) is 11.6 Å². The first-order valence-corrected chi connectivity index (χ1v) is 6.39. The van der Waals surface area contributed by atoms with Crippen molar-refractivity contribution in [1.29, 1.82) is 0 Å². The number of rotatable bonds is 3. The summed E-state index contributed by atoms with van der Waals surface area (Å²) in [6.45, 7) is 1.93. The third-order valence-corrected chi connectivity index (χ3v) is 3.16. The molecule has 2 aromatic rings. The van der Waals surface area contributed by atoms with Crippen molar-refractivity contribution < 1.29 is 4.74 Å². The fourth-order valence-corrected chi connectivity index (χ4v) is 1.85. The molecule has 0 saturated heterocycles. The van der Waals surface area contributed by atoms with Gasteiger partial charge < -0.3 is 4.74 Å². The fraction of sp³-hybridized carbons (Fsp3) is 0.167. The molecule has 1 heterocycles. The van der Waals surface area contributed by atoms with E-state index in [1.165, 1.54) is 6.07 Å². The first kappa shape index (κ1) is 13.4. The topological polar surface area (TPSA) is 35.0 Å². The second-order valence-corrected chi connectivity index (χ2v) is 4.63. The number of nitrogens with zero attached hydrogens (tertiary/aromatic N) is 2.